The molecular weight excluding hydrogens is 316 g/mol. The Morgan fingerprint density at radius 2 is 1.56 bits per heavy atom. The van der Waals surface area contributed by atoms with Gasteiger partial charge in [-0.15, -0.1) is 0 Å². The number of anilines is 1. The van der Waals surface area contributed by atoms with Gasteiger partial charge in [-0.1, -0.05) is 17.7 Å². The van der Waals surface area contributed by atoms with Gasteiger partial charge in [-0.25, -0.2) is 0 Å². The molecule has 2 aromatic carbocycles. The van der Waals surface area contributed by atoms with E-state index in [1.165, 1.54) is 0 Å². The van der Waals surface area contributed by atoms with Crippen LogP contribution in [0.3, 0.4) is 0 Å². The van der Waals surface area contributed by atoms with Crippen molar-refractivity contribution in [2.24, 2.45) is 0 Å². The Bertz CT molecular complexity index is 705. The maximum absolute atomic E-state index is 12.2. The SMILES string of the molecule is CCN(CC)C(=O)c1ccc(NC(=O)COc2ccc(C)cc2)cc1. The minimum atomic E-state index is -0.247. The second kappa shape index (κ2) is 8.87. The molecule has 0 bridgehead atoms. The highest BCUT2D eigenvalue weighted by molar-refractivity contribution is 5.96. The van der Waals surface area contributed by atoms with Gasteiger partial charge in [0, 0.05) is 24.3 Å². The quantitative estimate of drug-likeness (QED) is 0.839. The predicted octanol–water partition coefficient (Wildman–Crippen LogP) is 3.49. The molecule has 0 saturated carbocycles. The molecular formula is C20H24N2O3. The van der Waals surface area contributed by atoms with E-state index in [-0.39, 0.29) is 18.4 Å². The van der Waals surface area contributed by atoms with Gasteiger partial charge in [0.15, 0.2) is 6.61 Å². The van der Waals surface area contributed by atoms with Crippen LogP contribution in [-0.2, 0) is 4.79 Å². The van der Waals surface area contributed by atoms with E-state index in [0.29, 0.717) is 30.1 Å². The van der Waals surface area contributed by atoms with E-state index in [1.54, 1.807) is 29.2 Å². The molecule has 5 nitrogen and oxygen atoms in total. The Kier molecular flexibility index (Phi) is 6.57. The summed E-state index contributed by atoms with van der Waals surface area (Å²) in [6.45, 7) is 7.16. The van der Waals surface area contributed by atoms with Crippen molar-refractivity contribution >= 4 is 17.5 Å². The molecule has 0 heterocycles. The van der Waals surface area contributed by atoms with Crippen molar-refractivity contribution in [3.63, 3.8) is 0 Å². The molecule has 0 aliphatic heterocycles. The van der Waals surface area contributed by atoms with E-state index in [0.717, 1.165) is 5.56 Å². The standard InChI is InChI=1S/C20H24N2O3/c1-4-22(5-2)20(24)16-8-10-17(11-9-16)21-19(23)14-25-18-12-6-15(3)7-13-18/h6-13H,4-5,14H2,1-3H3,(H,21,23). The first-order valence-corrected chi connectivity index (χ1v) is 8.42. The third-order valence-corrected chi connectivity index (χ3v) is 3.86. The number of carbonyl (C=O) groups is 2. The Morgan fingerprint density at radius 1 is 0.960 bits per heavy atom. The second-order valence-electron chi connectivity index (χ2n) is 5.70. The van der Waals surface area contributed by atoms with E-state index in [2.05, 4.69) is 5.32 Å². The monoisotopic (exact) mass is 340 g/mol. The zero-order chi connectivity index (χ0) is 18.2. The Morgan fingerprint density at radius 3 is 2.12 bits per heavy atom. The number of hydrogen-bond donors (Lipinski definition) is 1. The first-order valence-electron chi connectivity index (χ1n) is 8.42. The van der Waals surface area contributed by atoms with Crippen molar-refractivity contribution in [2.45, 2.75) is 20.8 Å². The van der Waals surface area contributed by atoms with Crippen LogP contribution in [0, 0.1) is 6.92 Å². The van der Waals surface area contributed by atoms with E-state index >= 15 is 0 Å². The van der Waals surface area contributed by atoms with Crippen LogP contribution in [0.25, 0.3) is 0 Å². The second-order valence-corrected chi connectivity index (χ2v) is 5.70. The topological polar surface area (TPSA) is 58.6 Å². The van der Waals surface area contributed by atoms with Gasteiger partial charge in [0.05, 0.1) is 0 Å². The lowest BCUT2D eigenvalue weighted by molar-refractivity contribution is -0.118. The first-order chi connectivity index (χ1) is 12.0. The highest BCUT2D eigenvalue weighted by Crippen LogP contribution is 2.13. The Labute approximate surface area is 148 Å². The summed E-state index contributed by atoms with van der Waals surface area (Å²) in [7, 11) is 0. The molecule has 5 heteroatoms. The lowest BCUT2D eigenvalue weighted by atomic mass is 10.2. The van der Waals surface area contributed by atoms with Gasteiger partial charge in [0.2, 0.25) is 0 Å². The number of hydrogen-bond acceptors (Lipinski definition) is 3. The normalized spacial score (nSPS) is 10.2. The van der Waals surface area contributed by atoms with E-state index in [4.69, 9.17) is 4.74 Å². The molecule has 0 atom stereocenters. The van der Waals surface area contributed by atoms with Crippen molar-refractivity contribution < 1.29 is 14.3 Å². The zero-order valence-corrected chi connectivity index (χ0v) is 14.9. The number of aryl methyl sites for hydroxylation is 1. The third-order valence-electron chi connectivity index (χ3n) is 3.86. The van der Waals surface area contributed by atoms with E-state index in [1.807, 2.05) is 45.0 Å². The van der Waals surface area contributed by atoms with Crippen molar-refractivity contribution in [3.8, 4) is 5.75 Å². The maximum atomic E-state index is 12.2. The zero-order valence-electron chi connectivity index (χ0n) is 14.9. The van der Waals surface area contributed by atoms with Gasteiger partial charge < -0.3 is 15.0 Å². The predicted molar refractivity (Wildman–Crippen MR) is 99.0 cm³/mol. The van der Waals surface area contributed by atoms with Crippen LogP contribution >= 0.6 is 0 Å². The molecule has 0 unspecified atom stereocenters. The average Bonchev–Trinajstić information content (AvgIpc) is 2.63. The molecule has 2 amide bonds. The van der Waals surface area contributed by atoms with Crippen LogP contribution in [0.15, 0.2) is 48.5 Å². The van der Waals surface area contributed by atoms with Crippen LogP contribution in [-0.4, -0.2) is 36.4 Å². The average molecular weight is 340 g/mol. The fraction of sp³-hybridized carbons (Fsp3) is 0.300. The van der Waals surface area contributed by atoms with E-state index in [9.17, 15) is 9.59 Å². The summed E-state index contributed by atoms with van der Waals surface area (Å²) in [5.41, 5.74) is 2.38. The number of amides is 2. The van der Waals surface area contributed by atoms with Crippen molar-refractivity contribution in [1.82, 2.24) is 4.90 Å². The summed E-state index contributed by atoms with van der Waals surface area (Å²) < 4.78 is 5.44. The third kappa shape index (κ3) is 5.35. The van der Waals surface area contributed by atoms with Crippen molar-refractivity contribution in [3.05, 3.63) is 59.7 Å². The number of benzene rings is 2. The molecule has 2 rings (SSSR count). The molecule has 0 radical (unpaired) electrons. The number of nitrogens with zero attached hydrogens (tertiary/aromatic N) is 1. The van der Waals surface area contributed by atoms with Gasteiger partial charge in [-0.05, 0) is 57.2 Å². The maximum Gasteiger partial charge on any atom is 0.262 e. The lowest BCUT2D eigenvalue weighted by Gasteiger charge is -2.18. The summed E-state index contributed by atoms with van der Waals surface area (Å²) >= 11 is 0. The fourth-order valence-corrected chi connectivity index (χ4v) is 2.37. The number of rotatable bonds is 7. The Hall–Kier alpha value is -2.82. The number of nitrogens with one attached hydrogen (secondary N) is 1. The number of carbonyl (C=O) groups excluding carboxylic acids is 2. The molecule has 0 aromatic heterocycles. The minimum absolute atomic E-state index is 0.00872. The molecule has 0 spiro atoms. The van der Waals surface area contributed by atoms with Crippen LogP contribution in [0.5, 0.6) is 5.75 Å². The summed E-state index contributed by atoms with van der Waals surface area (Å²) in [6, 6.07) is 14.4. The van der Waals surface area contributed by atoms with Gasteiger partial charge >= 0.3 is 0 Å². The molecule has 2 aromatic rings. The molecule has 0 aliphatic carbocycles. The largest absolute Gasteiger partial charge is 0.484 e. The molecule has 0 aliphatic rings. The fourth-order valence-electron chi connectivity index (χ4n) is 2.37. The van der Waals surface area contributed by atoms with Gasteiger partial charge in [0.1, 0.15) is 5.75 Å². The van der Waals surface area contributed by atoms with Crippen molar-refractivity contribution in [1.29, 1.82) is 0 Å². The summed E-state index contributed by atoms with van der Waals surface area (Å²) in [5, 5.41) is 2.76. The van der Waals surface area contributed by atoms with Gasteiger partial charge in [-0.2, -0.15) is 0 Å². The van der Waals surface area contributed by atoms with E-state index < -0.39 is 0 Å². The summed E-state index contributed by atoms with van der Waals surface area (Å²) in [5.74, 6) is 0.398. The van der Waals surface area contributed by atoms with Crippen LogP contribution in [0.1, 0.15) is 29.8 Å². The van der Waals surface area contributed by atoms with Crippen LogP contribution in [0.4, 0.5) is 5.69 Å². The molecule has 132 valence electrons. The minimum Gasteiger partial charge on any atom is -0.484 e. The highest BCUT2D eigenvalue weighted by Gasteiger charge is 2.12. The first kappa shape index (κ1) is 18.5. The van der Waals surface area contributed by atoms with Crippen molar-refractivity contribution in [2.75, 3.05) is 25.0 Å². The van der Waals surface area contributed by atoms with Gasteiger partial charge in [-0.3, -0.25) is 9.59 Å². The lowest BCUT2D eigenvalue weighted by Crippen LogP contribution is -2.30. The smallest absolute Gasteiger partial charge is 0.262 e. The molecule has 0 saturated heterocycles. The van der Waals surface area contributed by atoms with Crippen LogP contribution < -0.4 is 10.1 Å². The summed E-state index contributed by atoms with van der Waals surface area (Å²) in [4.78, 5) is 26.0. The van der Waals surface area contributed by atoms with Gasteiger partial charge in [0.25, 0.3) is 11.8 Å². The number of ether oxygens (including phenoxy) is 1. The Balaban J connectivity index is 1.88. The summed E-state index contributed by atoms with van der Waals surface area (Å²) in [6.07, 6.45) is 0. The molecule has 0 fully saturated rings. The molecule has 1 N–H and O–H groups in total. The highest BCUT2D eigenvalue weighted by atomic mass is 16.5. The van der Waals surface area contributed by atoms with Crippen LogP contribution in [0.2, 0.25) is 0 Å². The molecule has 25 heavy (non-hydrogen) atoms.